The Bertz CT molecular complexity index is 556. The number of hydrogen-bond acceptors (Lipinski definition) is 3. The minimum atomic E-state index is -0.879. The molecule has 0 unspecified atom stereocenters. The predicted molar refractivity (Wildman–Crippen MR) is 79.4 cm³/mol. The number of carboxylic acid groups (broad SMARTS) is 1. The van der Waals surface area contributed by atoms with Crippen molar-refractivity contribution in [1.29, 1.82) is 0 Å². The molecule has 110 valence electrons. The normalized spacial score (nSPS) is 15.3. The van der Waals surface area contributed by atoms with Gasteiger partial charge in [0, 0.05) is 0 Å². The fourth-order valence-electron chi connectivity index (χ4n) is 2.07. The summed E-state index contributed by atoms with van der Waals surface area (Å²) in [5.41, 5.74) is 1.40. The number of aromatic carboxylic acids is 1. The van der Waals surface area contributed by atoms with Crippen molar-refractivity contribution in [1.82, 2.24) is 0 Å². The number of aliphatic hydroxyl groups is 1. The van der Waals surface area contributed by atoms with Gasteiger partial charge >= 0.3 is 5.97 Å². The number of benzene rings is 2. The van der Waals surface area contributed by atoms with Gasteiger partial charge in [0.2, 0.25) is 0 Å². The Labute approximate surface area is 123 Å². The molecule has 2 aromatic rings. The highest BCUT2D eigenvalue weighted by atomic mass is 16.5. The molecule has 1 aliphatic rings. The van der Waals surface area contributed by atoms with E-state index in [9.17, 15) is 9.90 Å². The number of carboxylic acids is 1. The molecule has 4 nitrogen and oxygen atoms in total. The van der Waals surface area contributed by atoms with Crippen molar-refractivity contribution in [2.45, 2.75) is 5.41 Å². The third-order valence-electron chi connectivity index (χ3n) is 3.47. The minimum Gasteiger partial charge on any atom is -0.478 e. The Morgan fingerprint density at radius 3 is 1.86 bits per heavy atom. The van der Waals surface area contributed by atoms with Crippen molar-refractivity contribution in [3.8, 4) is 0 Å². The summed E-state index contributed by atoms with van der Waals surface area (Å²) in [5, 5.41) is 17.6. The Morgan fingerprint density at radius 2 is 1.52 bits per heavy atom. The molecule has 0 spiro atoms. The van der Waals surface area contributed by atoms with Gasteiger partial charge in [-0.25, -0.2) is 4.79 Å². The number of carbonyl (C=O) groups is 1. The average molecular weight is 286 g/mol. The van der Waals surface area contributed by atoms with E-state index in [0.29, 0.717) is 18.8 Å². The van der Waals surface area contributed by atoms with E-state index >= 15 is 0 Å². The maximum absolute atomic E-state index is 10.2. The summed E-state index contributed by atoms with van der Waals surface area (Å²) < 4.78 is 5.12. The van der Waals surface area contributed by atoms with Crippen molar-refractivity contribution in [2.75, 3.05) is 19.8 Å². The molecule has 0 aromatic heterocycles. The van der Waals surface area contributed by atoms with Crippen LogP contribution >= 0.6 is 0 Å². The molecule has 4 heteroatoms. The number of aliphatic hydroxyl groups excluding tert-OH is 1. The molecule has 0 bridgehead atoms. The summed E-state index contributed by atoms with van der Waals surface area (Å²) in [5.74, 6) is -0.879. The number of rotatable bonds is 3. The molecule has 0 radical (unpaired) electrons. The molecule has 0 saturated carbocycles. The highest BCUT2D eigenvalue weighted by Gasteiger charge is 2.39. The second-order valence-corrected chi connectivity index (χ2v) is 4.97. The van der Waals surface area contributed by atoms with Crippen LogP contribution in [0, 0.1) is 0 Å². The van der Waals surface area contributed by atoms with Gasteiger partial charge in [0.1, 0.15) is 0 Å². The van der Waals surface area contributed by atoms with Crippen molar-refractivity contribution < 1.29 is 19.7 Å². The van der Waals surface area contributed by atoms with Crippen molar-refractivity contribution in [2.24, 2.45) is 0 Å². The largest absolute Gasteiger partial charge is 0.478 e. The van der Waals surface area contributed by atoms with Gasteiger partial charge in [-0.3, -0.25) is 0 Å². The lowest BCUT2D eigenvalue weighted by Crippen LogP contribution is -2.49. The quantitative estimate of drug-likeness (QED) is 0.909. The van der Waals surface area contributed by atoms with Crippen molar-refractivity contribution >= 4 is 5.97 Å². The lowest BCUT2D eigenvalue weighted by molar-refractivity contribution is -0.0841. The first-order valence-corrected chi connectivity index (χ1v) is 6.70. The first kappa shape index (κ1) is 15.2. The van der Waals surface area contributed by atoms with Gasteiger partial charge < -0.3 is 14.9 Å². The first-order valence-electron chi connectivity index (χ1n) is 6.70. The second-order valence-electron chi connectivity index (χ2n) is 4.97. The standard InChI is InChI=1S/C10H12O2.C7H6O2/c11-6-10(7-12-8-10)9-4-2-1-3-5-9;8-7(9)6-4-2-1-3-5-6/h1-5,11H,6-8H2;1-5H,(H,8,9). The number of hydrogen-bond donors (Lipinski definition) is 2. The van der Waals surface area contributed by atoms with Crippen molar-refractivity contribution in [3.63, 3.8) is 0 Å². The minimum absolute atomic E-state index is 0.110. The molecule has 2 aromatic carbocycles. The van der Waals surface area contributed by atoms with E-state index in [1.54, 1.807) is 30.3 Å². The van der Waals surface area contributed by atoms with Crippen LogP contribution in [-0.4, -0.2) is 36.0 Å². The van der Waals surface area contributed by atoms with Crippen LogP contribution in [0.25, 0.3) is 0 Å². The third-order valence-corrected chi connectivity index (χ3v) is 3.47. The van der Waals surface area contributed by atoms with Crippen LogP contribution in [0.5, 0.6) is 0 Å². The van der Waals surface area contributed by atoms with Crippen LogP contribution in [0.2, 0.25) is 0 Å². The van der Waals surface area contributed by atoms with Gasteiger partial charge in [0.05, 0.1) is 30.8 Å². The van der Waals surface area contributed by atoms with E-state index in [1.807, 2.05) is 30.3 Å². The smallest absolute Gasteiger partial charge is 0.335 e. The summed E-state index contributed by atoms with van der Waals surface area (Å²) >= 11 is 0. The molecule has 1 fully saturated rings. The molecule has 1 saturated heterocycles. The Hall–Kier alpha value is -2.17. The van der Waals surface area contributed by atoms with Gasteiger partial charge in [0.15, 0.2) is 0 Å². The lowest BCUT2D eigenvalue weighted by Gasteiger charge is -2.40. The summed E-state index contributed by atoms with van der Waals surface area (Å²) in [6.45, 7) is 1.47. The van der Waals surface area contributed by atoms with Gasteiger partial charge in [-0.05, 0) is 17.7 Å². The molecule has 1 heterocycles. The fourth-order valence-corrected chi connectivity index (χ4v) is 2.07. The van der Waals surface area contributed by atoms with Gasteiger partial charge in [-0.2, -0.15) is 0 Å². The molecule has 0 amide bonds. The monoisotopic (exact) mass is 286 g/mol. The topological polar surface area (TPSA) is 66.8 Å². The Kier molecular flexibility index (Phi) is 5.09. The highest BCUT2D eigenvalue weighted by Crippen LogP contribution is 2.31. The summed E-state index contributed by atoms with van der Waals surface area (Å²) in [7, 11) is 0. The average Bonchev–Trinajstić information content (AvgIpc) is 2.49. The molecule has 2 N–H and O–H groups in total. The molecule has 0 aliphatic carbocycles. The lowest BCUT2D eigenvalue weighted by atomic mass is 9.79. The van der Waals surface area contributed by atoms with Crippen molar-refractivity contribution in [3.05, 3.63) is 71.8 Å². The van der Waals surface area contributed by atoms with Crippen LogP contribution in [0.15, 0.2) is 60.7 Å². The summed E-state index contributed by atoms with van der Waals surface area (Å²) in [6, 6.07) is 18.3. The summed E-state index contributed by atoms with van der Waals surface area (Å²) in [6.07, 6.45) is 0. The third kappa shape index (κ3) is 3.68. The first-order chi connectivity index (χ1) is 10.2. The maximum atomic E-state index is 10.2. The predicted octanol–water partition coefficient (Wildman–Crippen LogP) is 2.33. The van der Waals surface area contributed by atoms with Crippen LogP contribution < -0.4 is 0 Å². The molecular formula is C17H18O4. The molecule has 0 atom stereocenters. The SMILES string of the molecule is O=C(O)c1ccccc1.OCC1(c2ccccc2)COC1. The van der Waals surface area contributed by atoms with Crippen LogP contribution in [0.1, 0.15) is 15.9 Å². The Morgan fingerprint density at radius 1 is 1.00 bits per heavy atom. The number of ether oxygens (including phenoxy) is 1. The van der Waals surface area contributed by atoms with E-state index in [0.717, 1.165) is 0 Å². The zero-order valence-electron chi connectivity index (χ0n) is 11.6. The van der Waals surface area contributed by atoms with Gasteiger partial charge in [-0.1, -0.05) is 48.5 Å². The van der Waals surface area contributed by atoms with E-state index < -0.39 is 5.97 Å². The molecule has 21 heavy (non-hydrogen) atoms. The second kappa shape index (κ2) is 7.02. The van der Waals surface area contributed by atoms with Crippen LogP contribution in [-0.2, 0) is 10.2 Å². The van der Waals surface area contributed by atoms with Gasteiger partial charge in [-0.15, -0.1) is 0 Å². The zero-order chi connectivity index (χ0) is 15.1. The van der Waals surface area contributed by atoms with Gasteiger partial charge in [0.25, 0.3) is 0 Å². The maximum Gasteiger partial charge on any atom is 0.335 e. The zero-order valence-corrected chi connectivity index (χ0v) is 11.6. The molecular weight excluding hydrogens is 268 g/mol. The molecule has 1 aliphatic heterocycles. The van der Waals surface area contributed by atoms with E-state index in [-0.39, 0.29) is 12.0 Å². The van der Waals surface area contributed by atoms with Crippen LogP contribution in [0.4, 0.5) is 0 Å². The van der Waals surface area contributed by atoms with E-state index in [4.69, 9.17) is 9.84 Å². The van der Waals surface area contributed by atoms with E-state index in [1.165, 1.54) is 5.56 Å². The van der Waals surface area contributed by atoms with E-state index in [2.05, 4.69) is 0 Å². The summed E-state index contributed by atoms with van der Waals surface area (Å²) in [4.78, 5) is 10.2. The molecule has 3 rings (SSSR count). The highest BCUT2D eigenvalue weighted by molar-refractivity contribution is 5.87. The Balaban J connectivity index is 0.000000161. The van der Waals surface area contributed by atoms with Crippen LogP contribution in [0.3, 0.4) is 0 Å². The fraction of sp³-hybridized carbons (Fsp3) is 0.235.